The average Bonchev–Trinajstić information content (AvgIpc) is 2.45. The van der Waals surface area contributed by atoms with Gasteiger partial charge in [0.05, 0.1) is 0 Å². The second-order valence-corrected chi connectivity index (χ2v) is 4.29. The molecule has 0 aromatic carbocycles. The molecular weight excluding hydrogens is 295 g/mol. The van der Waals surface area contributed by atoms with Crippen molar-refractivity contribution in [3.63, 3.8) is 0 Å². The van der Waals surface area contributed by atoms with E-state index >= 15 is 0 Å². The third-order valence-corrected chi connectivity index (χ3v) is 2.78. The van der Waals surface area contributed by atoms with Crippen molar-refractivity contribution in [2.24, 2.45) is 0 Å². The molecule has 20 heavy (non-hydrogen) atoms. The largest absolute Gasteiger partial charge is 1.00 e. The van der Waals surface area contributed by atoms with E-state index < -0.39 is 0 Å². The van der Waals surface area contributed by atoms with Gasteiger partial charge in [0.1, 0.15) is 26.2 Å². The molecule has 0 spiro atoms. The number of quaternary nitrogens is 2. The average molecular weight is 315 g/mol. The van der Waals surface area contributed by atoms with Gasteiger partial charge in [-0.1, -0.05) is 12.1 Å². The van der Waals surface area contributed by atoms with Gasteiger partial charge in [-0.05, 0) is 12.1 Å². The Morgan fingerprint density at radius 3 is 1.55 bits per heavy atom. The molecule has 4 nitrogen and oxygen atoms in total. The lowest BCUT2D eigenvalue weighted by molar-refractivity contribution is -0.738. The van der Waals surface area contributed by atoms with Gasteiger partial charge in [-0.15, -0.1) is 0 Å². The fourth-order valence-corrected chi connectivity index (χ4v) is 1.81. The first kappa shape index (κ1) is 18.8. The molecule has 0 radical (unpaired) electrons. The van der Waals surface area contributed by atoms with E-state index in [0.29, 0.717) is 0 Å². The van der Waals surface area contributed by atoms with Gasteiger partial charge in [0.25, 0.3) is 0 Å². The predicted molar refractivity (Wildman–Crippen MR) is 69.5 cm³/mol. The monoisotopic (exact) mass is 314 g/mol. The van der Waals surface area contributed by atoms with E-state index in [-0.39, 0.29) is 24.8 Å². The van der Waals surface area contributed by atoms with Crippen LogP contribution in [0, 0.1) is 0 Å². The molecule has 2 aromatic rings. The van der Waals surface area contributed by atoms with Crippen molar-refractivity contribution >= 4 is 0 Å². The van der Waals surface area contributed by atoms with Crippen molar-refractivity contribution in [2.45, 2.75) is 13.1 Å². The van der Waals surface area contributed by atoms with E-state index in [9.17, 15) is 0 Å². The predicted octanol–water partition coefficient (Wildman–Crippen LogP) is -6.69. The molecule has 6 heteroatoms. The van der Waals surface area contributed by atoms with E-state index in [2.05, 4.69) is 32.7 Å². The van der Waals surface area contributed by atoms with Crippen LogP contribution in [0.5, 0.6) is 0 Å². The van der Waals surface area contributed by atoms with Gasteiger partial charge in [0, 0.05) is 35.9 Å². The molecule has 0 fully saturated rings. The summed E-state index contributed by atoms with van der Waals surface area (Å²) in [7, 11) is 0. The summed E-state index contributed by atoms with van der Waals surface area (Å²) in [5, 5.41) is 4.63. The molecule has 110 valence electrons. The van der Waals surface area contributed by atoms with Crippen LogP contribution in [0.25, 0.3) is 0 Å². The molecule has 0 amide bonds. The number of hydrogen-bond donors (Lipinski definition) is 2. The molecule has 2 heterocycles. The van der Waals surface area contributed by atoms with Crippen molar-refractivity contribution in [3.8, 4) is 0 Å². The number of pyridine rings is 2. The topological polar surface area (TPSA) is 59.0 Å². The molecule has 4 N–H and O–H groups in total. The van der Waals surface area contributed by atoms with E-state index in [0.717, 1.165) is 26.2 Å². The number of nitrogens with two attached hydrogens (primary N) is 2. The number of nitrogens with zero attached hydrogens (tertiary/aromatic N) is 2. The lowest BCUT2D eigenvalue weighted by Crippen LogP contribution is -3.00. The minimum Gasteiger partial charge on any atom is -1.00 e. The van der Waals surface area contributed by atoms with E-state index in [1.54, 1.807) is 0 Å². The van der Waals surface area contributed by atoms with Gasteiger partial charge in [-0.25, -0.2) is 0 Å². The SMILES string of the molecule is [Cl-].[Cl-].c1cncc(C[NH2+]CC[NH2+]Cc2cccnc2)c1. The molecule has 0 atom stereocenters. The first-order valence-electron chi connectivity index (χ1n) is 6.36. The van der Waals surface area contributed by atoms with Crippen molar-refractivity contribution in [2.75, 3.05) is 13.1 Å². The summed E-state index contributed by atoms with van der Waals surface area (Å²) in [6.45, 7) is 4.26. The maximum atomic E-state index is 4.10. The Morgan fingerprint density at radius 2 is 1.20 bits per heavy atom. The summed E-state index contributed by atoms with van der Waals surface area (Å²) in [5.74, 6) is 0. The third kappa shape index (κ3) is 7.40. The fourth-order valence-electron chi connectivity index (χ4n) is 1.81. The van der Waals surface area contributed by atoms with Crippen LogP contribution < -0.4 is 35.4 Å². The van der Waals surface area contributed by atoms with Gasteiger partial charge in [0.2, 0.25) is 0 Å². The maximum absolute atomic E-state index is 4.10. The van der Waals surface area contributed by atoms with Crippen LogP contribution in [-0.4, -0.2) is 23.1 Å². The first-order valence-corrected chi connectivity index (χ1v) is 6.36. The van der Waals surface area contributed by atoms with Crippen molar-refractivity contribution in [1.82, 2.24) is 9.97 Å². The van der Waals surface area contributed by atoms with Crippen LogP contribution in [0.1, 0.15) is 11.1 Å². The quantitative estimate of drug-likeness (QED) is 0.499. The van der Waals surface area contributed by atoms with Gasteiger partial charge in [0.15, 0.2) is 0 Å². The summed E-state index contributed by atoms with van der Waals surface area (Å²) in [5.41, 5.74) is 2.56. The molecule has 2 aromatic heterocycles. The normalized spacial score (nSPS) is 9.40. The smallest absolute Gasteiger partial charge is 0.125 e. The molecule has 0 aliphatic rings. The Kier molecular flexibility index (Phi) is 10.9. The Morgan fingerprint density at radius 1 is 0.750 bits per heavy atom. The highest BCUT2D eigenvalue weighted by atomic mass is 35.5. The molecule has 0 aliphatic heterocycles. The third-order valence-electron chi connectivity index (χ3n) is 2.78. The highest BCUT2D eigenvalue weighted by Gasteiger charge is 1.97. The van der Waals surface area contributed by atoms with Crippen molar-refractivity contribution in [1.29, 1.82) is 0 Å². The molecule has 0 saturated carbocycles. The first-order chi connectivity index (χ1) is 8.95. The minimum absolute atomic E-state index is 0. The summed E-state index contributed by atoms with van der Waals surface area (Å²) in [6.07, 6.45) is 7.47. The van der Waals surface area contributed by atoms with Crippen LogP contribution >= 0.6 is 0 Å². The Balaban J connectivity index is 0.00000180. The number of hydrogen-bond acceptors (Lipinski definition) is 2. The van der Waals surface area contributed by atoms with Crippen LogP contribution in [0.2, 0.25) is 0 Å². The molecular formula is C14H20Cl2N4. The standard InChI is InChI=1S/C14H18N4.2ClH/c1-3-13(9-15-5-1)11-17-7-8-18-12-14-4-2-6-16-10-14;;/h1-6,9-10,17-18H,7-8,11-12H2;2*1H. The van der Waals surface area contributed by atoms with E-state index in [1.165, 1.54) is 11.1 Å². The summed E-state index contributed by atoms with van der Waals surface area (Å²) < 4.78 is 0. The van der Waals surface area contributed by atoms with Crippen LogP contribution in [0.3, 0.4) is 0 Å². The number of halogens is 2. The molecule has 0 unspecified atom stereocenters. The Labute approximate surface area is 132 Å². The van der Waals surface area contributed by atoms with Gasteiger partial charge in [-0.3, -0.25) is 9.97 Å². The van der Waals surface area contributed by atoms with Crippen molar-refractivity contribution < 1.29 is 35.4 Å². The number of rotatable bonds is 7. The Bertz CT molecular complexity index is 396. The summed E-state index contributed by atoms with van der Waals surface area (Å²) in [4.78, 5) is 8.21. The summed E-state index contributed by atoms with van der Waals surface area (Å²) >= 11 is 0. The number of aromatic nitrogens is 2. The van der Waals surface area contributed by atoms with Crippen molar-refractivity contribution in [3.05, 3.63) is 60.2 Å². The summed E-state index contributed by atoms with van der Waals surface area (Å²) in [6, 6.07) is 8.20. The van der Waals surface area contributed by atoms with Gasteiger partial charge >= 0.3 is 0 Å². The van der Waals surface area contributed by atoms with Crippen LogP contribution in [0.15, 0.2) is 49.1 Å². The molecule has 0 bridgehead atoms. The Hall–Kier alpha value is -1.20. The van der Waals surface area contributed by atoms with Crippen LogP contribution in [0.4, 0.5) is 0 Å². The fraction of sp³-hybridized carbons (Fsp3) is 0.286. The van der Waals surface area contributed by atoms with Gasteiger partial charge < -0.3 is 35.4 Å². The zero-order valence-corrected chi connectivity index (χ0v) is 12.8. The molecule has 0 aliphatic carbocycles. The van der Waals surface area contributed by atoms with E-state index in [4.69, 9.17) is 0 Å². The zero-order valence-electron chi connectivity index (χ0n) is 11.3. The lowest BCUT2D eigenvalue weighted by Gasteiger charge is -2.02. The van der Waals surface area contributed by atoms with Crippen LogP contribution in [-0.2, 0) is 13.1 Å². The molecule has 0 saturated heterocycles. The lowest BCUT2D eigenvalue weighted by atomic mass is 10.3. The second-order valence-electron chi connectivity index (χ2n) is 4.29. The minimum atomic E-state index is 0. The van der Waals surface area contributed by atoms with E-state index in [1.807, 2.05) is 36.9 Å². The molecule has 2 rings (SSSR count). The maximum Gasteiger partial charge on any atom is 0.125 e. The highest BCUT2D eigenvalue weighted by molar-refractivity contribution is 5.06. The highest BCUT2D eigenvalue weighted by Crippen LogP contribution is 1.91. The second kappa shape index (κ2) is 11.6. The zero-order chi connectivity index (χ0) is 12.5. The van der Waals surface area contributed by atoms with Gasteiger partial charge in [-0.2, -0.15) is 0 Å².